The number of fused-ring (bicyclic) bond motifs is 1. The number of hydrogen-bond acceptors (Lipinski definition) is 1. The third kappa shape index (κ3) is 0.637. The average molecular weight is 131 g/mol. The molecule has 0 aromatic rings. The van der Waals surface area contributed by atoms with Gasteiger partial charge in [0.25, 0.3) is 0 Å². The molecule has 0 bridgehead atoms. The molecule has 1 heteroatoms. The van der Waals surface area contributed by atoms with Gasteiger partial charge in [-0.05, 0) is 18.1 Å². The third-order valence-electron chi connectivity index (χ3n) is 1.85. The maximum absolute atomic E-state index is 5.72. The Hall–Kier alpha value is -1.24. The maximum atomic E-state index is 5.72. The molecule has 0 aromatic heterocycles. The minimum atomic E-state index is 0.895. The van der Waals surface area contributed by atoms with Crippen molar-refractivity contribution in [2.45, 2.75) is 6.42 Å². The molecule has 0 atom stereocenters. The van der Waals surface area contributed by atoms with Crippen molar-refractivity contribution in [1.29, 1.82) is 0 Å². The van der Waals surface area contributed by atoms with Crippen molar-refractivity contribution in [2.75, 3.05) is 0 Å². The van der Waals surface area contributed by atoms with Crippen LogP contribution in [-0.2, 0) is 0 Å². The first-order chi connectivity index (χ1) is 4.88. The molecule has 2 N–H and O–H groups in total. The predicted molar refractivity (Wildman–Crippen MR) is 42.2 cm³/mol. The minimum Gasteiger partial charge on any atom is -0.398 e. The molecule has 2 aliphatic carbocycles. The van der Waals surface area contributed by atoms with Crippen molar-refractivity contribution in [3.63, 3.8) is 0 Å². The quantitative estimate of drug-likeness (QED) is 0.531. The van der Waals surface area contributed by atoms with Gasteiger partial charge in [0, 0.05) is 11.3 Å². The van der Waals surface area contributed by atoms with Gasteiger partial charge in [-0.3, -0.25) is 0 Å². The molecular formula is C9H9N. The lowest BCUT2D eigenvalue weighted by Crippen LogP contribution is -2.02. The molecule has 0 radical (unpaired) electrons. The third-order valence-corrected chi connectivity index (χ3v) is 1.85. The van der Waals surface area contributed by atoms with Gasteiger partial charge < -0.3 is 5.73 Å². The molecule has 1 nitrogen and oxygen atoms in total. The van der Waals surface area contributed by atoms with E-state index in [1.807, 2.05) is 12.2 Å². The lowest BCUT2D eigenvalue weighted by molar-refractivity contribution is 1.18. The molecule has 50 valence electrons. The highest BCUT2D eigenvalue weighted by atomic mass is 14.6. The Morgan fingerprint density at radius 2 is 2.20 bits per heavy atom. The lowest BCUT2D eigenvalue weighted by Gasteiger charge is -2.08. The Morgan fingerprint density at radius 1 is 1.30 bits per heavy atom. The van der Waals surface area contributed by atoms with Gasteiger partial charge in [0.05, 0.1) is 0 Å². The number of nitrogens with two attached hydrogens (primary N) is 1. The summed E-state index contributed by atoms with van der Waals surface area (Å²) in [4.78, 5) is 0. The summed E-state index contributed by atoms with van der Waals surface area (Å²) in [6.07, 6.45) is 11.3. The van der Waals surface area contributed by atoms with E-state index in [1.165, 1.54) is 11.1 Å². The highest BCUT2D eigenvalue weighted by Gasteiger charge is 2.10. The van der Waals surface area contributed by atoms with E-state index in [2.05, 4.69) is 18.2 Å². The second kappa shape index (κ2) is 1.87. The minimum absolute atomic E-state index is 0.895. The molecule has 10 heavy (non-hydrogen) atoms. The Balaban J connectivity index is 2.53. The zero-order valence-electron chi connectivity index (χ0n) is 5.67. The first kappa shape index (κ1) is 5.54. The Morgan fingerprint density at radius 3 is 3.00 bits per heavy atom. The molecule has 2 rings (SSSR count). The second-order valence-corrected chi connectivity index (χ2v) is 2.53. The molecule has 0 amide bonds. The number of hydrogen-bond donors (Lipinski definition) is 1. The van der Waals surface area contributed by atoms with Crippen LogP contribution in [0.2, 0.25) is 0 Å². The summed E-state index contributed by atoms with van der Waals surface area (Å²) in [5.74, 6) is 0. The van der Waals surface area contributed by atoms with E-state index in [4.69, 9.17) is 5.73 Å². The van der Waals surface area contributed by atoms with Crippen molar-refractivity contribution in [3.8, 4) is 0 Å². The van der Waals surface area contributed by atoms with Gasteiger partial charge in [0.15, 0.2) is 0 Å². The highest BCUT2D eigenvalue weighted by Crippen LogP contribution is 2.27. The van der Waals surface area contributed by atoms with Crippen molar-refractivity contribution in [1.82, 2.24) is 0 Å². The SMILES string of the molecule is NC1=C2C=CC=C2CC=C1. The van der Waals surface area contributed by atoms with Crippen LogP contribution in [0.1, 0.15) is 6.42 Å². The normalized spacial score (nSPS) is 21.4. The van der Waals surface area contributed by atoms with Gasteiger partial charge in [-0.25, -0.2) is 0 Å². The molecule has 0 aromatic carbocycles. The van der Waals surface area contributed by atoms with E-state index in [1.54, 1.807) is 0 Å². The van der Waals surface area contributed by atoms with Crippen LogP contribution in [-0.4, -0.2) is 0 Å². The zero-order chi connectivity index (χ0) is 6.97. The monoisotopic (exact) mass is 131 g/mol. The average Bonchev–Trinajstić information content (AvgIpc) is 2.36. The Kier molecular flexibility index (Phi) is 1.04. The summed E-state index contributed by atoms with van der Waals surface area (Å²) < 4.78 is 0. The van der Waals surface area contributed by atoms with Gasteiger partial charge in [-0.2, -0.15) is 0 Å². The van der Waals surface area contributed by atoms with Crippen LogP contribution >= 0.6 is 0 Å². The molecule has 0 heterocycles. The highest BCUT2D eigenvalue weighted by molar-refractivity contribution is 5.55. The van der Waals surface area contributed by atoms with Gasteiger partial charge in [0.2, 0.25) is 0 Å². The van der Waals surface area contributed by atoms with E-state index in [0.29, 0.717) is 0 Å². The van der Waals surface area contributed by atoms with Crippen LogP contribution in [0.5, 0.6) is 0 Å². The molecule has 0 aliphatic heterocycles. The topological polar surface area (TPSA) is 26.0 Å². The van der Waals surface area contributed by atoms with Crippen LogP contribution in [0, 0.1) is 0 Å². The van der Waals surface area contributed by atoms with Crippen LogP contribution in [0.4, 0.5) is 0 Å². The summed E-state index contributed by atoms with van der Waals surface area (Å²) in [5.41, 5.74) is 9.17. The molecule has 0 saturated heterocycles. The van der Waals surface area contributed by atoms with E-state index in [9.17, 15) is 0 Å². The zero-order valence-corrected chi connectivity index (χ0v) is 5.67. The molecule has 0 fully saturated rings. The largest absolute Gasteiger partial charge is 0.398 e. The van der Waals surface area contributed by atoms with Crippen molar-refractivity contribution in [2.24, 2.45) is 5.73 Å². The molecular weight excluding hydrogens is 122 g/mol. The lowest BCUT2D eigenvalue weighted by atomic mass is 9.99. The summed E-state index contributed by atoms with van der Waals surface area (Å²) in [6, 6.07) is 0. The maximum Gasteiger partial charge on any atom is 0.0387 e. The first-order valence-electron chi connectivity index (χ1n) is 3.42. The molecule has 0 spiro atoms. The Labute approximate surface area is 60.2 Å². The standard InChI is InChI=1S/C9H9N/c10-9-6-2-4-7-3-1-5-8(7)9/h1-3,5-6H,4,10H2. The summed E-state index contributed by atoms with van der Waals surface area (Å²) >= 11 is 0. The van der Waals surface area contributed by atoms with Gasteiger partial charge in [-0.1, -0.05) is 24.3 Å². The fourth-order valence-electron chi connectivity index (χ4n) is 1.32. The van der Waals surface area contributed by atoms with E-state index < -0.39 is 0 Å². The van der Waals surface area contributed by atoms with Crippen molar-refractivity contribution >= 4 is 0 Å². The summed E-state index contributed by atoms with van der Waals surface area (Å²) in [6.45, 7) is 0. The number of allylic oxidation sites excluding steroid dienone is 7. The first-order valence-corrected chi connectivity index (χ1v) is 3.42. The van der Waals surface area contributed by atoms with E-state index in [-0.39, 0.29) is 0 Å². The fraction of sp³-hybridized carbons (Fsp3) is 0.111. The second-order valence-electron chi connectivity index (χ2n) is 2.53. The van der Waals surface area contributed by atoms with Crippen LogP contribution < -0.4 is 5.73 Å². The smallest absolute Gasteiger partial charge is 0.0387 e. The van der Waals surface area contributed by atoms with Crippen molar-refractivity contribution < 1.29 is 0 Å². The summed E-state index contributed by atoms with van der Waals surface area (Å²) in [5, 5.41) is 0. The van der Waals surface area contributed by atoms with Gasteiger partial charge in [-0.15, -0.1) is 0 Å². The summed E-state index contributed by atoms with van der Waals surface area (Å²) in [7, 11) is 0. The predicted octanol–water partition coefficient (Wildman–Crippen LogP) is 1.66. The molecule has 0 unspecified atom stereocenters. The van der Waals surface area contributed by atoms with Gasteiger partial charge >= 0.3 is 0 Å². The van der Waals surface area contributed by atoms with Crippen LogP contribution in [0.15, 0.2) is 47.2 Å². The molecule has 2 aliphatic rings. The van der Waals surface area contributed by atoms with Crippen molar-refractivity contribution in [3.05, 3.63) is 47.2 Å². The fourth-order valence-corrected chi connectivity index (χ4v) is 1.32. The Bertz CT molecular complexity index is 277. The van der Waals surface area contributed by atoms with Crippen LogP contribution in [0.25, 0.3) is 0 Å². The van der Waals surface area contributed by atoms with Gasteiger partial charge in [0.1, 0.15) is 0 Å². The van der Waals surface area contributed by atoms with Crippen LogP contribution in [0.3, 0.4) is 0 Å². The van der Waals surface area contributed by atoms with E-state index >= 15 is 0 Å². The molecule has 0 saturated carbocycles. The van der Waals surface area contributed by atoms with E-state index in [0.717, 1.165) is 12.1 Å². The number of rotatable bonds is 0.